The Morgan fingerprint density at radius 2 is 2.15 bits per heavy atom. The molecule has 20 heavy (non-hydrogen) atoms. The minimum atomic E-state index is -0.515. The number of benzene rings is 1. The van der Waals surface area contributed by atoms with Gasteiger partial charge in [-0.2, -0.15) is 0 Å². The summed E-state index contributed by atoms with van der Waals surface area (Å²) in [5.41, 5.74) is 0.714. The van der Waals surface area contributed by atoms with Gasteiger partial charge in [0, 0.05) is 23.7 Å². The molecule has 0 aliphatic carbocycles. The number of hydrogen-bond acceptors (Lipinski definition) is 5. The Bertz CT molecular complexity index is 638. The molecule has 0 aliphatic heterocycles. The Morgan fingerprint density at radius 1 is 1.40 bits per heavy atom. The molecule has 0 atom stereocenters. The average Bonchev–Trinajstić information content (AvgIpc) is 2.90. The number of ketones is 1. The molecule has 1 aromatic heterocycles. The summed E-state index contributed by atoms with van der Waals surface area (Å²) in [4.78, 5) is 25.0. The van der Waals surface area contributed by atoms with Crippen molar-refractivity contribution in [3.05, 3.63) is 56.3 Å². The molecular weight excluding hydrogens is 276 g/mol. The maximum Gasteiger partial charge on any atom is 0.282 e. The number of Topliss-reactive ketones (excluding diaryl/α,β-unsaturated/α-hetero) is 1. The van der Waals surface area contributed by atoms with E-state index in [4.69, 9.17) is 0 Å². The Hall–Kier alpha value is -2.21. The van der Waals surface area contributed by atoms with Gasteiger partial charge in [0.1, 0.15) is 0 Å². The van der Waals surface area contributed by atoms with Crippen molar-refractivity contribution < 1.29 is 9.72 Å². The minimum absolute atomic E-state index is 0.142. The maximum atomic E-state index is 11.4. The van der Waals surface area contributed by atoms with Gasteiger partial charge in [-0.3, -0.25) is 14.9 Å². The van der Waals surface area contributed by atoms with Crippen LogP contribution in [-0.2, 0) is 6.54 Å². The van der Waals surface area contributed by atoms with Gasteiger partial charge in [-0.05, 0) is 30.5 Å². The van der Waals surface area contributed by atoms with Gasteiger partial charge < -0.3 is 4.90 Å². The molecule has 5 nitrogen and oxygen atoms in total. The van der Waals surface area contributed by atoms with Crippen molar-refractivity contribution in [2.24, 2.45) is 0 Å². The molecule has 0 bridgehead atoms. The number of carbonyl (C=O) groups excluding carboxylic acids is 1. The summed E-state index contributed by atoms with van der Waals surface area (Å²) in [7, 11) is 1.87. The highest BCUT2D eigenvalue weighted by Gasteiger charge is 2.19. The largest absolute Gasteiger partial charge is 0.369 e. The number of nitro groups is 1. The first-order valence-corrected chi connectivity index (χ1v) is 6.90. The molecule has 0 aliphatic rings. The van der Waals surface area contributed by atoms with E-state index in [2.05, 4.69) is 0 Å². The fraction of sp³-hybridized carbons (Fsp3) is 0.214. The molecule has 0 radical (unpaired) electrons. The van der Waals surface area contributed by atoms with E-state index in [1.165, 1.54) is 23.9 Å². The first kappa shape index (κ1) is 14.2. The Labute approximate surface area is 120 Å². The van der Waals surface area contributed by atoms with Crippen LogP contribution >= 0.6 is 11.3 Å². The molecule has 0 N–H and O–H groups in total. The molecule has 1 heterocycles. The van der Waals surface area contributed by atoms with Gasteiger partial charge in [0.25, 0.3) is 5.69 Å². The minimum Gasteiger partial charge on any atom is -0.369 e. The molecule has 0 fully saturated rings. The first-order valence-electron chi connectivity index (χ1n) is 6.02. The maximum absolute atomic E-state index is 11.4. The molecule has 2 aromatic rings. The van der Waals surface area contributed by atoms with E-state index in [1.807, 2.05) is 29.5 Å². The normalized spacial score (nSPS) is 10.3. The van der Waals surface area contributed by atoms with Crippen molar-refractivity contribution in [1.29, 1.82) is 0 Å². The van der Waals surface area contributed by atoms with E-state index in [0.717, 1.165) is 5.69 Å². The van der Waals surface area contributed by atoms with E-state index in [0.29, 0.717) is 6.54 Å². The van der Waals surface area contributed by atoms with Crippen molar-refractivity contribution >= 4 is 28.5 Å². The summed E-state index contributed by atoms with van der Waals surface area (Å²) in [6.45, 7) is 2.01. The van der Waals surface area contributed by atoms with Crippen LogP contribution in [0, 0.1) is 10.1 Å². The molecule has 0 saturated carbocycles. The van der Waals surface area contributed by atoms with Gasteiger partial charge >= 0.3 is 0 Å². The van der Waals surface area contributed by atoms with Crippen molar-refractivity contribution in [1.82, 2.24) is 0 Å². The summed E-state index contributed by atoms with van der Waals surface area (Å²) in [5, 5.41) is 13.0. The molecular formula is C14H14N2O3S. The number of thiophene rings is 1. The van der Waals surface area contributed by atoms with Crippen LogP contribution in [0.3, 0.4) is 0 Å². The van der Waals surface area contributed by atoms with Crippen molar-refractivity contribution in [2.75, 3.05) is 11.9 Å². The van der Waals surface area contributed by atoms with Gasteiger partial charge in [-0.25, -0.2) is 0 Å². The zero-order valence-electron chi connectivity index (χ0n) is 11.2. The summed E-state index contributed by atoms with van der Waals surface area (Å²) in [5.74, 6) is -0.302. The second kappa shape index (κ2) is 5.83. The van der Waals surface area contributed by atoms with Crippen molar-refractivity contribution in [2.45, 2.75) is 13.5 Å². The topological polar surface area (TPSA) is 63.5 Å². The van der Waals surface area contributed by atoms with Crippen LogP contribution in [0.5, 0.6) is 0 Å². The quantitative estimate of drug-likeness (QED) is 0.480. The van der Waals surface area contributed by atoms with Gasteiger partial charge in [0.15, 0.2) is 5.78 Å². The summed E-state index contributed by atoms with van der Waals surface area (Å²) < 4.78 is 0. The second-order valence-electron chi connectivity index (χ2n) is 4.45. The van der Waals surface area contributed by atoms with Gasteiger partial charge in [-0.15, -0.1) is 11.3 Å². The zero-order chi connectivity index (χ0) is 14.7. The third-order valence-electron chi connectivity index (χ3n) is 2.97. The smallest absolute Gasteiger partial charge is 0.282 e. The number of carbonyl (C=O) groups is 1. The SMILES string of the molecule is CC(=O)c1ccc(N(C)Cc2cccs2)cc1[N+](=O)[O-]. The lowest BCUT2D eigenvalue weighted by atomic mass is 10.1. The number of hydrogen-bond donors (Lipinski definition) is 0. The van der Waals surface area contributed by atoms with Crippen LogP contribution < -0.4 is 4.90 Å². The van der Waals surface area contributed by atoms with E-state index in [1.54, 1.807) is 17.4 Å². The van der Waals surface area contributed by atoms with Crippen LogP contribution in [0.1, 0.15) is 22.2 Å². The first-order chi connectivity index (χ1) is 9.49. The van der Waals surface area contributed by atoms with Crippen LogP contribution in [0.25, 0.3) is 0 Å². The second-order valence-corrected chi connectivity index (χ2v) is 5.48. The third-order valence-corrected chi connectivity index (χ3v) is 3.83. The molecule has 0 spiro atoms. The van der Waals surface area contributed by atoms with Gasteiger partial charge in [-0.1, -0.05) is 6.07 Å². The highest BCUT2D eigenvalue weighted by Crippen LogP contribution is 2.26. The van der Waals surface area contributed by atoms with Crippen LogP contribution in [0.2, 0.25) is 0 Å². The summed E-state index contributed by atoms with van der Waals surface area (Å²) >= 11 is 1.63. The lowest BCUT2D eigenvalue weighted by molar-refractivity contribution is -0.385. The highest BCUT2D eigenvalue weighted by molar-refractivity contribution is 7.09. The van der Waals surface area contributed by atoms with Crippen LogP contribution in [0.4, 0.5) is 11.4 Å². The van der Waals surface area contributed by atoms with E-state index in [-0.39, 0.29) is 17.0 Å². The predicted octanol–water partition coefficient (Wildman–Crippen LogP) is 3.50. The number of nitrogens with zero attached hydrogens (tertiary/aromatic N) is 2. The fourth-order valence-corrected chi connectivity index (χ4v) is 2.69. The molecule has 2 rings (SSSR count). The lowest BCUT2D eigenvalue weighted by Gasteiger charge is -2.18. The Kier molecular flexibility index (Phi) is 4.14. The van der Waals surface area contributed by atoms with Crippen molar-refractivity contribution in [3.8, 4) is 0 Å². The third kappa shape index (κ3) is 3.03. The molecule has 0 amide bonds. The van der Waals surface area contributed by atoms with Gasteiger partial charge in [0.2, 0.25) is 0 Å². The molecule has 0 saturated heterocycles. The molecule has 1 aromatic carbocycles. The standard InChI is InChI=1S/C14H14N2O3S/c1-10(17)13-6-5-11(8-14(13)16(18)19)15(2)9-12-4-3-7-20-12/h3-8H,9H2,1-2H3. The molecule has 0 unspecified atom stereocenters. The average molecular weight is 290 g/mol. The van der Waals surface area contributed by atoms with Crippen LogP contribution in [-0.4, -0.2) is 17.8 Å². The summed E-state index contributed by atoms with van der Waals surface area (Å²) in [6, 6.07) is 8.68. The molecule has 6 heteroatoms. The van der Waals surface area contributed by atoms with E-state index in [9.17, 15) is 14.9 Å². The van der Waals surface area contributed by atoms with E-state index >= 15 is 0 Å². The Morgan fingerprint density at radius 3 is 2.70 bits per heavy atom. The lowest BCUT2D eigenvalue weighted by Crippen LogP contribution is -2.16. The zero-order valence-corrected chi connectivity index (χ0v) is 12.0. The van der Waals surface area contributed by atoms with Crippen molar-refractivity contribution in [3.63, 3.8) is 0 Å². The number of anilines is 1. The number of nitro benzene ring substituents is 1. The van der Waals surface area contributed by atoms with Crippen LogP contribution in [0.15, 0.2) is 35.7 Å². The highest BCUT2D eigenvalue weighted by atomic mass is 32.1. The Balaban J connectivity index is 2.31. The monoisotopic (exact) mass is 290 g/mol. The fourth-order valence-electron chi connectivity index (χ4n) is 1.93. The number of rotatable bonds is 5. The predicted molar refractivity (Wildman–Crippen MR) is 79.5 cm³/mol. The summed E-state index contributed by atoms with van der Waals surface area (Å²) in [6.07, 6.45) is 0. The molecule has 104 valence electrons. The van der Waals surface area contributed by atoms with E-state index < -0.39 is 4.92 Å². The van der Waals surface area contributed by atoms with Gasteiger partial charge in [0.05, 0.1) is 17.0 Å².